The average molecular weight is 380 g/mol. The number of halogens is 2. The molecule has 0 amide bonds. The number of esters is 1. The Bertz CT molecular complexity index is 646. The molecule has 1 aromatic carbocycles. The maximum atomic E-state index is 11.9. The van der Waals surface area contributed by atoms with E-state index >= 15 is 0 Å². The summed E-state index contributed by atoms with van der Waals surface area (Å²) in [5.74, 6) is -2.06. The van der Waals surface area contributed by atoms with Crippen molar-refractivity contribution in [2.75, 3.05) is 5.94 Å². The summed E-state index contributed by atoms with van der Waals surface area (Å²) in [5, 5.41) is 11.5. The van der Waals surface area contributed by atoms with Crippen LogP contribution in [0.25, 0.3) is 0 Å². The summed E-state index contributed by atoms with van der Waals surface area (Å²) >= 11 is 0. The molecular formula is C14H15Cl2NO5S. The minimum Gasteiger partial charge on any atom is -0.478 e. The Balaban J connectivity index is 0.00000242. The van der Waals surface area contributed by atoms with Crippen molar-refractivity contribution in [1.29, 1.82) is 0 Å². The van der Waals surface area contributed by atoms with Crippen LogP contribution in [-0.2, 0) is 25.1 Å². The zero-order valence-corrected chi connectivity index (χ0v) is 14.2. The van der Waals surface area contributed by atoms with Crippen molar-refractivity contribution in [3.63, 3.8) is 0 Å². The van der Waals surface area contributed by atoms with E-state index in [0.29, 0.717) is 4.90 Å². The molecule has 6 nitrogen and oxygen atoms in total. The second kappa shape index (κ2) is 10.0. The monoisotopic (exact) mass is 379 g/mol. The number of carboxylic acid groups (broad SMARTS) is 1. The van der Waals surface area contributed by atoms with Gasteiger partial charge in [-0.05, 0) is 12.1 Å². The third-order valence-corrected chi connectivity index (χ3v) is 3.87. The first-order chi connectivity index (χ1) is 10.1. The third kappa shape index (κ3) is 6.05. The van der Waals surface area contributed by atoms with Crippen LogP contribution in [0.5, 0.6) is 0 Å². The Morgan fingerprint density at radius 2 is 1.74 bits per heavy atom. The third-order valence-electron chi connectivity index (χ3n) is 2.74. The molecule has 0 fully saturated rings. The van der Waals surface area contributed by atoms with Gasteiger partial charge in [-0.15, -0.1) is 24.8 Å². The van der Waals surface area contributed by atoms with Gasteiger partial charge in [-0.3, -0.25) is 4.21 Å². The Morgan fingerprint density at radius 1 is 1.13 bits per heavy atom. The van der Waals surface area contributed by atoms with Gasteiger partial charge in [-0.2, -0.15) is 0 Å². The number of rotatable bonds is 5. The number of hydrogen-bond donors (Lipinski definition) is 2. The van der Waals surface area contributed by atoms with Crippen molar-refractivity contribution in [1.82, 2.24) is 5.32 Å². The number of ether oxygens (including phenoxy) is 1. The largest absolute Gasteiger partial charge is 0.478 e. The maximum absolute atomic E-state index is 11.9. The van der Waals surface area contributed by atoms with Crippen molar-refractivity contribution in [2.24, 2.45) is 0 Å². The highest BCUT2D eigenvalue weighted by molar-refractivity contribution is 7.84. The van der Waals surface area contributed by atoms with E-state index in [1.807, 2.05) is 0 Å². The summed E-state index contributed by atoms with van der Waals surface area (Å²) in [4.78, 5) is 23.2. The van der Waals surface area contributed by atoms with Crippen LogP contribution in [0.4, 0.5) is 0 Å². The van der Waals surface area contributed by atoms with Crippen LogP contribution in [0.15, 0.2) is 58.8 Å². The van der Waals surface area contributed by atoms with Gasteiger partial charge in [0, 0.05) is 23.7 Å². The van der Waals surface area contributed by atoms with E-state index in [-0.39, 0.29) is 48.3 Å². The Hall–Kier alpha value is -1.83. The maximum Gasteiger partial charge on any atom is 0.336 e. The molecule has 0 aromatic heterocycles. The molecule has 2 rings (SSSR count). The molecule has 0 radical (unpaired) electrons. The number of carbonyl (C=O) groups is 2. The molecule has 1 heterocycles. The van der Waals surface area contributed by atoms with Gasteiger partial charge in [-0.25, -0.2) is 9.59 Å². The molecule has 1 aliphatic rings. The summed E-state index contributed by atoms with van der Waals surface area (Å²) < 4.78 is 16.9. The number of dihydropyridines is 1. The van der Waals surface area contributed by atoms with Crippen LogP contribution in [0.1, 0.15) is 6.42 Å². The van der Waals surface area contributed by atoms with Crippen molar-refractivity contribution < 1.29 is 23.6 Å². The molecule has 9 heteroatoms. The molecule has 1 atom stereocenters. The van der Waals surface area contributed by atoms with Crippen LogP contribution in [0, 0.1) is 0 Å². The van der Waals surface area contributed by atoms with Crippen LogP contribution in [0.2, 0.25) is 0 Å². The molecule has 0 bridgehead atoms. The fraction of sp³-hybridized carbons (Fsp3) is 0.143. The number of carboxylic acids is 1. The van der Waals surface area contributed by atoms with E-state index in [2.05, 4.69) is 5.32 Å². The second-order valence-electron chi connectivity index (χ2n) is 4.20. The van der Waals surface area contributed by atoms with Gasteiger partial charge in [0.2, 0.25) is 0 Å². The summed E-state index contributed by atoms with van der Waals surface area (Å²) in [6.45, 7) is 0. The van der Waals surface area contributed by atoms with Gasteiger partial charge in [-0.1, -0.05) is 18.2 Å². The van der Waals surface area contributed by atoms with Crippen LogP contribution >= 0.6 is 24.8 Å². The average Bonchev–Trinajstić information content (AvgIpc) is 2.53. The molecule has 0 saturated heterocycles. The zero-order chi connectivity index (χ0) is 15.2. The highest BCUT2D eigenvalue weighted by Crippen LogP contribution is 2.16. The smallest absolute Gasteiger partial charge is 0.336 e. The molecule has 0 saturated carbocycles. The Kier molecular flexibility index (Phi) is 9.24. The lowest BCUT2D eigenvalue weighted by Crippen LogP contribution is -2.19. The predicted molar refractivity (Wildman–Crippen MR) is 89.9 cm³/mol. The summed E-state index contributed by atoms with van der Waals surface area (Å²) in [7, 11) is -1.45. The van der Waals surface area contributed by atoms with Crippen molar-refractivity contribution in [2.45, 2.75) is 11.3 Å². The van der Waals surface area contributed by atoms with Gasteiger partial charge in [0.1, 0.15) is 0 Å². The first-order valence-corrected chi connectivity index (χ1v) is 7.38. The number of aliphatic carboxylic acids is 1. The number of hydrogen-bond acceptors (Lipinski definition) is 5. The lowest BCUT2D eigenvalue weighted by Gasteiger charge is -2.12. The summed E-state index contributed by atoms with van der Waals surface area (Å²) in [5.41, 5.74) is 0.244. The predicted octanol–water partition coefficient (Wildman–Crippen LogP) is 1.98. The standard InChI is InChI=1S/C14H13NO5S.2ClH/c16-13(17)10-6-11(8-15-7-10)14(18)20-9-21(19)12-4-2-1-3-5-12;;/h1-5,7-8,15H,6,9H2,(H,16,17);2*1H. The van der Waals surface area contributed by atoms with Crippen molar-refractivity contribution >= 4 is 47.6 Å². The van der Waals surface area contributed by atoms with Gasteiger partial charge < -0.3 is 15.2 Å². The van der Waals surface area contributed by atoms with Crippen molar-refractivity contribution in [3.8, 4) is 0 Å². The minimum atomic E-state index is -1.45. The number of benzene rings is 1. The highest BCUT2D eigenvalue weighted by Gasteiger charge is 2.20. The molecule has 1 unspecified atom stereocenters. The summed E-state index contributed by atoms with van der Waals surface area (Å²) in [6, 6.07) is 8.64. The van der Waals surface area contributed by atoms with E-state index in [9.17, 15) is 13.8 Å². The zero-order valence-electron chi connectivity index (χ0n) is 11.8. The van der Waals surface area contributed by atoms with E-state index < -0.39 is 22.7 Å². The Labute approximate surface area is 147 Å². The molecule has 0 aliphatic carbocycles. The molecular weight excluding hydrogens is 365 g/mol. The van der Waals surface area contributed by atoms with Gasteiger partial charge >= 0.3 is 11.9 Å². The molecule has 1 aliphatic heterocycles. The first kappa shape index (κ1) is 21.2. The SMILES string of the molecule is Cl.Cl.O=C(O)C1=CNC=C(C(=O)OCS(=O)c2ccccc2)C1. The summed E-state index contributed by atoms with van der Waals surface area (Å²) in [6.07, 6.45) is 2.65. The molecule has 1 aromatic rings. The molecule has 2 N–H and O–H groups in total. The molecule has 126 valence electrons. The fourth-order valence-corrected chi connectivity index (χ4v) is 2.47. The van der Waals surface area contributed by atoms with Crippen LogP contribution in [-0.4, -0.2) is 27.2 Å². The van der Waals surface area contributed by atoms with Gasteiger partial charge in [0.25, 0.3) is 0 Å². The van der Waals surface area contributed by atoms with Crippen molar-refractivity contribution in [3.05, 3.63) is 53.9 Å². The topological polar surface area (TPSA) is 92.7 Å². The number of nitrogens with one attached hydrogen (secondary N) is 1. The van der Waals surface area contributed by atoms with E-state index in [1.54, 1.807) is 30.3 Å². The van der Waals surface area contributed by atoms with Crippen LogP contribution in [0.3, 0.4) is 0 Å². The van der Waals surface area contributed by atoms with E-state index in [1.165, 1.54) is 12.4 Å². The van der Waals surface area contributed by atoms with Crippen LogP contribution < -0.4 is 5.32 Å². The normalized spacial score (nSPS) is 13.9. The fourth-order valence-electron chi connectivity index (χ4n) is 1.66. The molecule has 23 heavy (non-hydrogen) atoms. The van der Waals surface area contributed by atoms with E-state index in [0.717, 1.165) is 0 Å². The second-order valence-corrected chi connectivity index (χ2v) is 5.59. The van der Waals surface area contributed by atoms with Gasteiger partial charge in [0.05, 0.1) is 21.9 Å². The highest BCUT2D eigenvalue weighted by atomic mass is 35.5. The lowest BCUT2D eigenvalue weighted by molar-refractivity contribution is -0.137. The Morgan fingerprint density at radius 3 is 2.35 bits per heavy atom. The first-order valence-electron chi connectivity index (χ1n) is 6.06. The van der Waals surface area contributed by atoms with E-state index in [4.69, 9.17) is 9.84 Å². The number of carbonyl (C=O) groups excluding carboxylic acids is 1. The lowest BCUT2D eigenvalue weighted by atomic mass is 10.1. The molecule has 0 spiro atoms. The minimum absolute atomic E-state index is 0. The van der Waals surface area contributed by atoms with Gasteiger partial charge in [0.15, 0.2) is 5.94 Å². The quantitative estimate of drug-likeness (QED) is 0.759.